The molecule has 0 unspecified atom stereocenters. The summed E-state index contributed by atoms with van der Waals surface area (Å²) in [4.78, 5) is 20.7. The van der Waals surface area contributed by atoms with Gasteiger partial charge >= 0.3 is 5.97 Å². The van der Waals surface area contributed by atoms with Gasteiger partial charge in [-0.2, -0.15) is 0 Å². The molecule has 0 aromatic heterocycles. The Labute approximate surface area is 88.7 Å². The van der Waals surface area contributed by atoms with Gasteiger partial charge in [0.1, 0.15) is 18.1 Å². The van der Waals surface area contributed by atoms with Crippen LogP contribution in [-0.2, 0) is 19.6 Å². The molecule has 0 aliphatic heterocycles. The van der Waals surface area contributed by atoms with Crippen molar-refractivity contribution in [2.75, 3.05) is 5.75 Å². The monoisotopic (exact) mass is 237 g/mol. The van der Waals surface area contributed by atoms with Gasteiger partial charge in [-0.3, -0.25) is 4.79 Å². The van der Waals surface area contributed by atoms with E-state index in [0.29, 0.717) is 0 Å². The van der Waals surface area contributed by atoms with E-state index in [-0.39, 0.29) is 18.6 Å². The molecule has 0 aliphatic rings. The molecule has 0 aromatic rings. The van der Waals surface area contributed by atoms with Gasteiger partial charge in [-0.25, -0.2) is 13.1 Å². The number of carboxylic acid groups (broad SMARTS) is 1. The average molecular weight is 237 g/mol. The molecule has 0 aromatic carbocycles. The predicted molar refractivity (Wildman–Crippen MR) is 53.9 cm³/mol. The number of hydrogen-bond donors (Lipinski definition) is 2. The molecule has 1 atom stereocenters. The first-order valence-electron chi connectivity index (χ1n) is 4.45. The van der Waals surface area contributed by atoms with E-state index in [2.05, 4.69) is 0 Å². The van der Waals surface area contributed by atoms with Crippen LogP contribution in [0.1, 0.15) is 20.3 Å². The summed E-state index contributed by atoms with van der Waals surface area (Å²) >= 11 is 0. The van der Waals surface area contributed by atoms with E-state index < -0.39 is 27.8 Å². The molecule has 0 spiro atoms. The zero-order chi connectivity index (χ0) is 12.1. The van der Waals surface area contributed by atoms with Crippen molar-refractivity contribution in [2.24, 2.45) is 5.92 Å². The lowest BCUT2D eigenvalue weighted by molar-refractivity contribution is -0.139. The summed E-state index contributed by atoms with van der Waals surface area (Å²) in [5.74, 6) is -1.90. The van der Waals surface area contributed by atoms with Crippen LogP contribution in [0.25, 0.3) is 0 Å². The normalized spacial score (nSPS) is 13.8. The van der Waals surface area contributed by atoms with Crippen molar-refractivity contribution in [3.63, 3.8) is 0 Å². The fourth-order valence-corrected chi connectivity index (χ4v) is 1.93. The maximum atomic E-state index is 11.1. The minimum atomic E-state index is -3.82. The minimum absolute atomic E-state index is 0.0463. The smallest absolute Gasteiger partial charge is 0.321 e. The summed E-state index contributed by atoms with van der Waals surface area (Å²) in [5.41, 5.74) is 0. The molecule has 15 heavy (non-hydrogen) atoms. The zero-order valence-corrected chi connectivity index (χ0v) is 9.45. The van der Waals surface area contributed by atoms with E-state index in [0.717, 1.165) is 0 Å². The standard InChI is InChI=1S/C8H15NO5S/c1-6(2)5-7(8(11)12)9-15(13,14)4-3-10/h3,6-7,9H,4-5H2,1-2H3,(H,11,12)/t7-/m0/s1. The van der Waals surface area contributed by atoms with Crippen LogP contribution >= 0.6 is 0 Å². The van der Waals surface area contributed by atoms with Crippen LogP contribution in [0.2, 0.25) is 0 Å². The summed E-state index contributed by atoms with van der Waals surface area (Å²) in [5, 5.41) is 8.74. The minimum Gasteiger partial charge on any atom is -0.480 e. The lowest BCUT2D eigenvalue weighted by atomic mass is 10.1. The Kier molecular flexibility index (Phi) is 5.45. The molecule has 0 saturated carbocycles. The van der Waals surface area contributed by atoms with E-state index >= 15 is 0 Å². The molecule has 0 saturated heterocycles. The fraction of sp³-hybridized carbons (Fsp3) is 0.750. The molecule has 0 bridgehead atoms. The number of carbonyl (C=O) groups is 2. The van der Waals surface area contributed by atoms with Crippen molar-refractivity contribution in [3.05, 3.63) is 0 Å². The summed E-state index contributed by atoms with van der Waals surface area (Å²) in [7, 11) is -3.82. The Morgan fingerprint density at radius 1 is 1.47 bits per heavy atom. The molecule has 88 valence electrons. The Bertz CT molecular complexity index is 322. The predicted octanol–water partition coefficient (Wildman–Crippen LogP) is -0.396. The molecule has 0 radical (unpaired) electrons. The van der Waals surface area contributed by atoms with Crippen molar-refractivity contribution in [2.45, 2.75) is 26.3 Å². The van der Waals surface area contributed by atoms with Gasteiger partial charge in [0.15, 0.2) is 0 Å². The van der Waals surface area contributed by atoms with E-state index in [1.54, 1.807) is 13.8 Å². The highest BCUT2D eigenvalue weighted by atomic mass is 32.2. The van der Waals surface area contributed by atoms with E-state index in [1.807, 2.05) is 4.72 Å². The van der Waals surface area contributed by atoms with Crippen LogP contribution in [0.15, 0.2) is 0 Å². The van der Waals surface area contributed by atoms with Gasteiger partial charge < -0.3 is 9.90 Å². The molecule has 0 heterocycles. The van der Waals surface area contributed by atoms with Gasteiger partial charge in [0.2, 0.25) is 10.0 Å². The molecule has 0 rings (SSSR count). The highest BCUT2D eigenvalue weighted by Crippen LogP contribution is 2.06. The first-order valence-corrected chi connectivity index (χ1v) is 6.10. The van der Waals surface area contributed by atoms with Gasteiger partial charge in [-0.1, -0.05) is 13.8 Å². The first-order chi connectivity index (χ1) is 6.78. The third-order valence-corrected chi connectivity index (χ3v) is 2.83. The fourth-order valence-electron chi connectivity index (χ4n) is 1.03. The summed E-state index contributed by atoms with van der Waals surface area (Å²) in [6.45, 7) is 3.56. The highest BCUT2D eigenvalue weighted by molar-refractivity contribution is 7.90. The third-order valence-electron chi connectivity index (χ3n) is 1.61. The molecular weight excluding hydrogens is 222 g/mol. The summed E-state index contributed by atoms with van der Waals surface area (Å²) < 4.78 is 24.2. The highest BCUT2D eigenvalue weighted by Gasteiger charge is 2.24. The Hall–Kier alpha value is -0.950. The van der Waals surface area contributed by atoms with Crippen molar-refractivity contribution >= 4 is 22.3 Å². The molecule has 7 heteroatoms. The number of sulfonamides is 1. The summed E-state index contributed by atoms with van der Waals surface area (Å²) in [6.07, 6.45) is 0.407. The van der Waals surface area contributed by atoms with Crippen LogP contribution in [0.4, 0.5) is 0 Å². The van der Waals surface area contributed by atoms with E-state index in [4.69, 9.17) is 5.11 Å². The first kappa shape index (κ1) is 14.1. The van der Waals surface area contributed by atoms with Crippen molar-refractivity contribution in [1.82, 2.24) is 4.72 Å². The number of nitrogens with one attached hydrogen (secondary N) is 1. The van der Waals surface area contributed by atoms with Crippen molar-refractivity contribution in [1.29, 1.82) is 0 Å². The Morgan fingerprint density at radius 2 is 2.00 bits per heavy atom. The second-order valence-electron chi connectivity index (χ2n) is 3.59. The van der Waals surface area contributed by atoms with Crippen molar-refractivity contribution < 1.29 is 23.1 Å². The lowest BCUT2D eigenvalue weighted by Crippen LogP contribution is -2.42. The zero-order valence-electron chi connectivity index (χ0n) is 8.63. The van der Waals surface area contributed by atoms with Gasteiger partial charge in [0, 0.05) is 0 Å². The van der Waals surface area contributed by atoms with E-state index in [1.165, 1.54) is 0 Å². The molecule has 6 nitrogen and oxygen atoms in total. The van der Waals surface area contributed by atoms with Crippen molar-refractivity contribution in [3.8, 4) is 0 Å². The molecular formula is C8H15NO5S. The second-order valence-corrected chi connectivity index (χ2v) is 5.38. The van der Waals surface area contributed by atoms with Gasteiger partial charge in [0.25, 0.3) is 0 Å². The number of carbonyl (C=O) groups excluding carboxylic acids is 1. The van der Waals surface area contributed by atoms with Crippen LogP contribution in [0, 0.1) is 5.92 Å². The van der Waals surface area contributed by atoms with Crippen LogP contribution < -0.4 is 4.72 Å². The van der Waals surface area contributed by atoms with Gasteiger partial charge in [-0.15, -0.1) is 0 Å². The molecule has 0 aliphatic carbocycles. The maximum Gasteiger partial charge on any atom is 0.321 e. The number of aliphatic carboxylic acids is 1. The maximum absolute atomic E-state index is 11.1. The number of carboxylic acids is 1. The quantitative estimate of drug-likeness (QED) is 0.587. The van der Waals surface area contributed by atoms with Crippen LogP contribution in [-0.4, -0.2) is 37.6 Å². The number of aldehydes is 1. The Balaban J connectivity index is 4.54. The van der Waals surface area contributed by atoms with Crippen LogP contribution in [0.3, 0.4) is 0 Å². The topological polar surface area (TPSA) is 101 Å². The molecule has 0 amide bonds. The van der Waals surface area contributed by atoms with Crippen LogP contribution in [0.5, 0.6) is 0 Å². The average Bonchev–Trinajstić information content (AvgIpc) is 2.00. The van der Waals surface area contributed by atoms with E-state index in [9.17, 15) is 18.0 Å². The lowest BCUT2D eigenvalue weighted by Gasteiger charge is -2.15. The molecule has 0 fully saturated rings. The number of hydrogen-bond acceptors (Lipinski definition) is 4. The Morgan fingerprint density at radius 3 is 2.33 bits per heavy atom. The third kappa shape index (κ3) is 6.19. The molecule has 2 N–H and O–H groups in total. The number of rotatable bonds is 7. The largest absolute Gasteiger partial charge is 0.480 e. The van der Waals surface area contributed by atoms with Gasteiger partial charge in [-0.05, 0) is 12.3 Å². The SMILES string of the molecule is CC(C)C[C@H](NS(=O)(=O)CC=O)C(=O)O. The van der Waals surface area contributed by atoms with Gasteiger partial charge in [0.05, 0.1) is 0 Å². The summed E-state index contributed by atoms with van der Waals surface area (Å²) in [6, 6.07) is -1.17. The second kappa shape index (κ2) is 5.82.